The summed E-state index contributed by atoms with van der Waals surface area (Å²) in [7, 11) is 1.39. The van der Waals surface area contributed by atoms with Crippen molar-refractivity contribution in [1.82, 2.24) is 10.3 Å². The smallest absolute Gasteiger partial charge is 0.351 e. The lowest BCUT2D eigenvalue weighted by Crippen LogP contribution is -2.31. The number of alkyl halides is 3. The van der Waals surface area contributed by atoms with Gasteiger partial charge in [0, 0.05) is 25.8 Å². The van der Waals surface area contributed by atoms with Crippen molar-refractivity contribution in [1.29, 1.82) is 0 Å². The molecule has 1 aromatic heterocycles. The standard InChI is InChI=1S/C12H16F3N3/c1-18(8-12(13,14)15)11-5-2-9(7-17-11)6-16-10-3-4-10/h2,5,7,10,16H,3-4,6,8H2,1H3. The summed E-state index contributed by atoms with van der Waals surface area (Å²) in [5.41, 5.74) is 0.992. The van der Waals surface area contributed by atoms with Crippen molar-refractivity contribution in [2.24, 2.45) is 0 Å². The van der Waals surface area contributed by atoms with Gasteiger partial charge in [0.15, 0.2) is 0 Å². The normalized spacial score (nSPS) is 15.8. The van der Waals surface area contributed by atoms with E-state index in [1.54, 1.807) is 12.3 Å². The Bertz CT molecular complexity index is 385. The number of pyridine rings is 1. The van der Waals surface area contributed by atoms with Crippen LogP contribution in [0.2, 0.25) is 0 Å². The lowest BCUT2D eigenvalue weighted by Gasteiger charge is -2.19. The Balaban J connectivity index is 1.89. The van der Waals surface area contributed by atoms with Gasteiger partial charge in [-0.1, -0.05) is 6.07 Å². The van der Waals surface area contributed by atoms with E-state index in [9.17, 15) is 13.2 Å². The summed E-state index contributed by atoms with van der Waals surface area (Å²) in [5.74, 6) is 0.336. The highest BCUT2D eigenvalue weighted by Crippen LogP contribution is 2.21. The molecule has 0 atom stereocenters. The van der Waals surface area contributed by atoms with E-state index >= 15 is 0 Å². The average molecular weight is 259 g/mol. The minimum atomic E-state index is -4.21. The number of hydrogen-bond donors (Lipinski definition) is 1. The first-order valence-electron chi connectivity index (χ1n) is 5.90. The molecule has 100 valence electrons. The van der Waals surface area contributed by atoms with Gasteiger partial charge >= 0.3 is 6.18 Å². The lowest BCUT2D eigenvalue weighted by atomic mass is 10.2. The van der Waals surface area contributed by atoms with Crippen LogP contribution >= 0.6 is 0 Å². The summed E-state index contributed by atoms with van der Waals surface area (Å²) in [6, 6.07) is 4.04. The molecule has 0 spiro atoms. The van der Waals surface area contributed by atoms with Gasteiger partial charge in [-0.05, 0) is 24.5 Å². The summed E-state index contributed by atoms with van der Waals surface area (Å²) >= 11 is 0. The van der Waals surface area contributed by atoms with Crippen molar-refractivity contribution < 1.29 is 13.2 Å². The maximum atomic E-state index is 12.2. The molecule has 1 aromatic rings. The van der Waals surface area contributed by atoms with Gasteiger partial charge in [0.25, 0.3) is 0 Å². The van der Waals surface area contributed by atoms with E-state index in [4.69, 9.17) is 0 Å². The van der Waals surface area contributed by atoms with Gasteiger partial charge in [-0.25, -0.2) is 4.98 Å². The molecule has 1 aliphatic rings. The van der Waals surface area contributed by atoms with Crippen LogP contribution in [0.1, 0.15) is 18.4 Å². The molecule has 0 saturated heterocycles. The maximum Gasteiger partial charge on any atom is 0.405 e. The van der Waals surface area contributed by atoms with Crippen LogP contribution < -0.4 is 10.2 Å². The molecule has 0 radical (unpaired) electrons. The van der Waals surface area contributed by atoms with Crippen LogP contribution in [-0.4, -0.2) is 30.8 Å². The van der Waals surface area contributed by atoms with Crippen molar-refractivity contribution in [3.8, 4) is 0 Å². The van der Waals surface area contributed by atoms with E-state index in [0.717, 1.165) is 17.0 Å². The number of nitrogens with one attached hydrogen (secondary N) is 1. The summed E-state index contributed by atoms with van der Waals surface area (Å²) in [6.07, 6.45) is -0.167. The fraction of sp³-hybridized carbons (Fsp3) is 0.583. The zero-order valence-corrected chi connectivity index (χ0v) is 10.2. The minimum Gasteiger partial charge on any atom is -0.351 e. The molecule has 1 N–H and O–H groups in total. The van der Waals surface area contributed by atoms with E-state index in [2.05, 4.69) is 10.3 Å². The molecule has 1 heterocycles. The zero-order chi connectivity index (χ0) is 13.2. The molecular weight excluding hydrogens is 243 g/mol. The average Bonchev–Trinajstić information content (AvgIpc) is 3.08. The van der Waals surface area contributed by atoms with Crippen molar-refractivity contribution >= 4 is 5.82 Å². The van der Waals surface area contributed by atoms with Gasteiger partial charge in [0.2, 0.25) is 0 Å². The Morgan fingerprint density at radius 1 is 1.39 bits per heavy atom. The predicted octanol–water partition coefficient (Wildman–Crippen LogP) is 2.33. The van der Waals surface area contributed by atoms with Gasteiger partial charge in [-0.2, -0.15) is 13.2 Å². The topological polar surface area (TPSA) is 28.2 Å². The Hall–Kier alpha value is -1.30. The number of aromatic nitrogens is 1. The number of anilines is 1. The number of nitrogens with zero attached hydrogens (tertiary/aromatic N) is 2. The van der Waals surface area contributed by atoms with E-state index in [-0.39, 0.29) is 0 Å². The van der Waals surface area contributed by atoms with E-state index in [0.29, 0.717) is 11.9 Å². The first-order valence-corrected chi connectivity index (χ1v) is 5.90. The summed E-state index contributed by atoms with van der Waals surface area (Å²) in [5, 5.41) is 3.33. The van der Waals surface area contributed by atoms with Crippen molar-refractivity contribution in [2.45, 2.75) is 31.6 Å². The number of rotatable bonds is 5. The molecule has 1 fully saturated rings. The molecule has 18 heavy (non-hydrogen) atoms. The number of halogens is 3. The van der Waals surface area contributed by atoms with E-state index in [1.807, 2.05) is 6.07 Å². The molecule has 1 aliphatic carbocycles. The lowest BCUT2D eigenvalue weighted by molar-refractivity contribution is -0.119. The number of hydrogen-bond acceptors (Lipinski definition) is 3. The van der Waals surface area contributed by atoms with Crippen LogP contribution in [0.3, 0.4) is 0 Å². The van der Waals surface area contributed by atoms with Crippen LogP contribution in [0.4, 0.5) is 19.0 Å². The monoisotopic (exact) mass is 259 g/mol. The minimum absolute atomic E-state index is 0.336. The second kappa shape index (κ2) is 5.14. The predicted molar refractivity (Wildman–Crippen MR) is 63.4 cm³/mol. The molecule has 6 heteroatoms. The molecule has 0 bridgehead atoms. The van der Waals surface area contributed by atoms with E-state index in [1.165, 1.54) is 19.9 Å². The second-order valence-electron chi connectivity index (χ2n) is 4.65. The first kappa shape index (κ1) is 13.1. The van der Waals surface area contributed by atoms with Gasteiger partial charge in [-0.3, -0.25) is 0 Å². The third kappa shape index (κ3) is 4.18. The fourth-order valence-corrected chi connectivity index (χ4v) is 1.65. The van der Waals surface area contributed by atoms with Gasteiger partial charge < -0.3 is 10.2 Å². The molecule has 2 rings (SSSR count). The Kier molecular flexibility index (Phi) is 3.75. The highest BCUT2D eigenvalue weighted by atomic mass is 19.4. The van der Waals surface area contributed by atoms with Gasteiger partial charge in [0.1, 0.15) is 12.4 Å². The highest BCUT2D eigenvalue weighted by molar-refractivity contribution is 5.38. The zero-order valence-electron chi connectivity index (χ0n) is 10.2. The molecular formula is C12H16F3N3. The van der Waals surface area contributed by atoms with E-state index < -0.39 is 12.7 Å². The molecule has 0 aromatic carbocycles. The van der Waals surface area contributed by atoms with Crippen LogP contribution in [-0.2, 0) is 6.54 Å². The largest absolute Gasteiger partial charge is 0.405 e. The van der Waals surface area contributed by atoms with Crippen molar-refractivity contribution in [3.05, 3.63) is 23.9 Å². The molecule has 0 amide bonds. The second-order valence-corrected chi connectivity index (χ2v) is 4.65. The van der Waals surface area contributed by atoms with Crippen LogP contribution in [0, 0.1) is 0 Å². The van der Waals surface area contributed by atoms with Gasteiger partial charge in [0.05, 0.1) is 0 Å². The molecule has 0 unspecified atom stereocenters. The SMILES string of the molecule is CN(CC(F)(F)F)c1ccc(CNC2CC2)cn1. The van der Waals surface area contributed by atoms with Gasteiger partial charge in [-0.15, -0.1) is 0 Å². The summed E-state index contributed by atoms with van der Waals surface area (Å²) < 4.78 is 36.6. The molecule has 0 aliphatic heterocycles. The Labute approximate surface area is 104 Å². The fourth-order valence-electron chi connectivity index (χ4n) is 1.65. The molecule has 1 saturated carbocycles. The van der Waals surface area contributed by atoms with Crippen molar-refractivity contribution in [3.63, 3.8) is 0 Å². The molecule has 3 nitrogen and oxygen atoms in total. The van der Waals surface area contributed by atoms with Crippen molar-refractivity contribution in [2.75, 3.05) is 18.5 Å². The summed E-state index contributed by atoms with van der Waals surface area (Å²) in [4.78, 5) is 5.14. The summed E-state index contributed by atoms with van der Waals surface area (Å²) in [6.45, 7) is -0.263. The maximum absolute atomic E-state index is 12.2. The Morgan fingerprint density at radius 3 is 2.61 bits per heavy atom. The van der Waals surface area contributed by atoms with Crippen LogP contribution in [0.15, 0.2) is 18.3 Å². The van der Waals surface area contributed by atoms with Crippen LogP contribution in [0.5, 0.6) is 0 Å². The third-order valence-electron chi connectivity index (χ3n) is 2.79. The highest BCUT2D eigenvalue weighted by Gasteiger charge is 2.29. The Morgan fingerprint density at radius 2 is 2.11 bits per heavy atom. The quantitative estimate of drug-likeness (QED) is 0.879. The van der Waals surface area contributed by atoms with Crippen LogP contribution in [0.25, 0.3) is 0 Å². The third-order valence-corrected chi connectivity index (χ3v) is 2.79. The first-order chi connectivity index (χ1) is 8.44.